The highest BCUT2D eigenvalue weighted by atomic mass is 19.4. The Labute approximate surface area is 189 Å². The first-order valence-corrected chi connectivity index (χ1v) is 10.2. The van der Waals surface area contributed by atoms with E-state index in [1.54, 1.807) is 24.3 Å². The lowest BCUT2D eigenvalue weighted by atomic mass is 10.0. The summed E-state index contributed by atoms with van der Waals surface area (Å²) < 4.78 is 44.1. The first kappa shape index (κ1) is 23.8. The Kier molecular flexibility index (Phi) is 7.37. The summed E-state index contributed by atoms with van der Waals surface area (Å²) >= 11 is 0. The number of rotatable bonds is 7. The van der Waals surface area contributed by atoms with E-state index in [1.165, 1.54) is 24.3 Å². The minimum atomic E-state index is -4.51. The normalized spacial score (nSPS) is 11.2. The van der Waals surface area contributed by atoms with Crippen LogP contribution in [0.4, 0.5) is 24.5 Å². The predicted molar refractivity (Wildman–Crippen MR) is 120 cm³/mol. The molecule has 8 heteroatoms. The lowest BCUT2D eigenvalue weighted by molar-refractivity contribution is -0.137. The maximum atomic E-state index is 12.9. The number of anilines is 2. The van der Waals surface area contributed by atoms with Crippen LogP contribution in [-0.2, 0) is 11.0 Å². The van der Waals surface area contributed by atoms with Crippen LogP contribution in [0.2, 0.25) is 0 Å². The molecule has 3 aromatic rings. The summed E-state index contributed by atoms with van der Waals surface area (Å²) in [6.07, 6.45) is -4.51. The fourth-order valence-electron chi connectivity index (χ4n) is 3.01. The van der Waals surface area contributed by atoms with Crippen molar-refractivity contribution in [1.82, 2.24) is 0 Å². The smallest absolute Gasteiger partial charge is 0.416 e. The molecule has 0 saturated carbocycles. The monoisotopic (exact) mass is 456 g/mol. The third-order valence-corrected chi connectivity index (χ3v) is 4.77. The van der Waals surface area contributed by atoms with E-state index >= 15 is 0 Å². The number of nitrogens with one attached hydrogen (secondary N) is 2. The van der Waals surface area contributed by atoms with E-state index in [1.807, 2.05) is 12.1 Å². The standard InChI is InChI=1S/C25H23F3N2O3/c1-16(2)17-9-11-22(12-10-17)33-15-23(31)29-20-7-3-5-18(13-20)24(32)30-21-8-4-6-19(14-21)25(26,27)28/h3-14,16H,15H2,1-2H3,(H,29,31)(H,30,32). The van der Waals surface area contributed by atoms with Gasteiger partial charge in [-0.25, -0.2) is 0 Å². The molecule has 172 valence electrons. The minimum absolute atomic E-state index is 0.0150. The van der Waals surface area contributed by atoms with E-state index in [4.69, 9.17) is 4.74 Å². The molecule has 33 heavy (non-hydrogen) atoms. The highest BCUT2D eigenvalue weighted by Gasteiger charge is 2.30. The molecular weight excluding hydrogens is 433 g/mol. The second-order valence-corrected chi connectivity index (χ2v) is 7.67. The van der Waals surface area contributed by atoms with Crippen molar-refractivity contribution in [3.05, 3.63) is 89.5 Å². The van der Waals surface area contributed by atoms with Gasteiger partial charge in [0.25, 0.3) is 11.8 Å². The summed E-state index contributed by atoms with van der Waals surface area (Å²) in [5.74, 6) is -0.0746. The molecule has 0 aliphatic carbocycles. The summed E-state index contributed by atoms with van der Waals surface area (Å²) in [5.41, 5.74) is 0.846. The molecule has 0 bridgehead atoms. The summed E-state index contributed by atoms with van der Waals surface area (Å²) in [6.45, 7) is 3.94. The topological polar surface area (TPSA) is 67.4 Å². The Morgan fingerprint density at radius 1 is 0.879 bits per heavy atom. The van der Waals surface area contributed by atoms with Gasteiger partial charge in [0.15, 0.2) is 6.61 Å². The van der Waals surface area contributed by atoms with E-state index in [2.05, 4.69) is 24.5 Å². The molecule has 0 aliphatic rings. The van der Waals surface area contributed by atoms with Crippen molar-refractivity contribution in [2.75, 3.05) is 17.2 Å². The third kappa shape index (κ3) is 6.83. The average Bonchev–Trinajstić information content (AvgIpc) is 2.78. The summed E-state index contributed by atoms with van der Waals surface area (Å²) in [6, 6.07) is 17.9. The van der Waals surface area contributed by atoms with Gasteiger partial charge in [0.1, 0.15) is 5.75 Å². The van der Waals surface area contributed by atoms with Gasteiger partial charge in [-0.3, -0.25) is 9.59 Å². The van der Waals surface area contributed by atoms with Crippen molar-refractivity contribution < 1.29 is 27.5 Å². The number of carbonyl (C=O) groups is 2. The SMILES string of the molecule is CC(C)c1ccc(OCC(=O)Nc2cccc(C(=O)Nc3cccc(C(F)(F)F)c3)c2)cc1. The van der Waals surface area contributed by atoms with Gasteiger partial charge in [-0.05, 0) is 60.0 Å². The zero-order chi connectivity index (χ0) is 24.0. The van der Waals surface area contributed by atoms with Crippen LogP contribution < -0.4 is 15.4 Å². The largest absolute Gasteiger partial charge is 0.484 e. The number of hydrogen-bond acceptors (Lipinski definition) is 3. The number of alkyl halides is 3. The summed E-state index contributed by atoms with van der Waals surface area (Å²) in [4.78, 5) is 24.7. The van der Waals surface area contributed by atoms with Crippen LogP contribution in [0.5, 0.6) is 5.75 Å². The third-order valence-electron chi connectivity index (χ3n) is 4.77. The number of amides is 2. The van der Waals surface area contributed by atoms with Crippen molar-refractivity contribution in [2.45, 2.75) is 25.9 Å². The number of benzene rings is 3. The molecular formula is C25H23F3N2O3. The van der Waals surface area contributed by atoms with Crippen LogP contribution in [-0.4, -0.2) is 18.4 Å². The van der Waals surface area contributed by atoms with Crippen molar-refractivity contribution >= 4 is 23.2 Å². The molecule has 3 aromatic carbocycles. The van der Waals surface area contributed by atoms with Gasteiger partial charge in [0.2, 0.25) is 0 Å². The number of halogens is 3. The van der Waals surface area contributed by atoms with Crippen LogP contribution in [0.1, 0.15) is 41.3 Å². The number of carbonyl (C=O) groups excluding carboxylic acids is 2. The second-order valence-electron chi connectivity index (χ2n) is 7.67. The summed E-state index contributed by atoms with van der Waals surface area (Å²) in [7, 11) is 0. The molecule has 2 N–H and O–H groups in total. The summed E-state index contributed by atoms with van der Waals surface area (Å²) in [5, 5.41) is 5.07. The molecule has 0 spiro atoms. The second kappa shape index (κ2) is 10.2. The molecule has 0 aromatic heterocycles. The fourth-order valence-corrected chi connectivity index (χ4v) is 3.01. The molecule has 2 amide bonds. The van der Waals surface area contributed by atoms with E-state index in [0.29, 0.717) is 17.4 Å². The van der Waals surface area contributed by atoms with Gasteiger partial charge in [-0.2, -0.15) is 13.2 Å². The first-order valence-electron chi connectivity index (χ1n) is 10.2. The van der Waals surface area contributed by atoms with Crippen molar-refractivity contribution in [2.24, 2.45) is 0 Å². The van der Waals surface area contributed by atoms with Crippen LogP contribution in [0.3, 0.4) is 0 Å². The zero-order valence-electron chi connectivity index (χ0n) is 18.1. The molecule has 0 atom stereocenters. The number of hydrogen-bond donors (Lipinski definition) is 2. The quantitative estimate of drug-likeness (QED) is 0.452. The Bertz CT molecular complexity index is 1130. The van der Waals surface area contributed by atoms with Crippen LogP contribution >= 0.6 is 0 Å². The molecule has 5 nitrogen and oxygen atoms in total. The highest BCUT2D eigenvalue weighted by molar-refractivity contribution is 6.05. The van der Waals surface area contributed by atoms with Gasteiger partial charge < -0.3 is 15.4 Å². The Balaban J connectivity index is 1.58. The lowest BCUT2D eigenvalue weighted by Crippen LogP contribution is -2.20. The lowest BCUT2D eigenvalue weighted by Gasteiger charge is -2.11. The van der Waals surface area contributed by atoms with Gasteiger partial charge >= 0.3 is 6.18 Å². The molecule has 0 heterocycles. The van der Waals surface area contributed by atoms with Crippen LogP contribution in [0.15, 0.2) is 72.8 Å². The predicted octanol–water partition coefficient (Wildman–Crippen LogP) is 6.10. The fraction of sp³-hybridized carbons (Fsp3) is 0.200. The van der Waals surface area contributed by atoms with Gasteiger partial charge in [-0.1, -0.05) is 38.1 Å². The molecule has 0 fully saturated rings. The Morgan fingerprint density at radius 3 is 2.15 bits per heavy atom. The molecule has 0 aliphatic heterocycles. The van der Waals surface area contributed by atoms with Gasteiger partial charge in [0.05, 0.1) is 5.56 Å². The number of ether oxygens (including phenoxy) is 1. The van der Waals surface area contributed by atoms with E-state index in [0.717, 1.165) is 17.7 Å². The van der Waals surface area contributed by atoms with Crippen molar-refractivity contribution in [1.29, 1.82) is 0 Å². The van der Waals surface area contributed by atoms with Crippen molar-refractivity contribution in [3.63, 3.8) is 0 Å². The highest BCUT2D eigenvalue weighted by Crippen LogP contribution is 2.30. The van der Waals surface area contributed by atoms with Gasteiger partial charge in [-0.15, -0.1) is 0 Å². The van der Waals surface area contributed by atoms with E-state index in [-0.39, 0.29) is 17.9 Å². The molecule has 0 unspecified atom stereocenters. The average molecular weight is 456 g/mol. The maximum Gasteiger partial charge on any atom is 0.416 e. The van der Waals surface area contributed by atoms with Crippen LogP contribution in [0, 0.1) is 0 Å². The minimum Gasteiger partial charge on any atom is -0.484 e. The van der Waals surface area contributed by atoms with Crippen LogP contribution in [0.25, 0.3) is 0 Å². The molecule has 0 saturated heterocycles. The van der Waals surface area contributed by atoms with E-state index in [9.17, 15) is 22.8 Å². The van der Waals surface area contributed by atoms with E-state index < -0.39 is 23.6 Å². The molecule has 0 radical (unpaired) electrons. The maximum absolute atomic E-state index is 12.9. The van der Waals surface area contributed by atoms with Gasteiger partial charge in [0, 0.05) is 16.9 Å². The Morgan fingerprint density at radius 2 is 1.52 bits per heavy atom. The Hall–Kier alpha value is -3.81. The van der Waals surface area contributed by atoms with Crippen molar-refractivity contribution in [3.8, 4) is 5.75 Å². The molecule has 3 rings (SSSR count). The first-order chi connectivity index (χ1) is 15.6. The zero-order valence-corrected chi connectivity index (χ0v) is 18.1.